The maximum absolute atomic E-state index is 12.7. The number of hydrogen-bond donors (Lipinski definition) is 0. The second-order valence-corrected chi connectivity index (χ2v) is 17.4. The molecule has 0 spiro atoms. The minimum atomic E-state index is -4.63. The lowest BCUT2D eigenvalue weighted by atomic mass is 10.1. The van der Waals surface area contributed by atoms with Crippen molar-refractivity contribution >= 4 is 19.8 Å². The van der Waals surface area contributed by atoms with Crippen LogP contribution in [0.3, 0.4) is 0 Å². The number of likely N-dealkylation sites (N-methyl/N-ethyl adjacent to an activating group) is 1. The lowest BCUT2D eigenvalue weighted by molar-refractivity contribution is -0.870. The van der Waals surface area contributed by atoms with Gasteiger partial charge in [-0.2, -0.15) is 0 Å². The zero-order valence-corrected chi connectivity index (χ0v) is 37.9. The van der Waals surface area contributed by atoms with Gasteiger partial charge in [-0.05, 0) is 77.0 Å². The van der Waals surface area contributed by atoms with Gasteiger partial charge in [-0.1, -0.05) is 145 Å². The highest BCUT2D eigenvalue weighted by molar-refractivity contribution is 7.45. The van der Waals surface area contributed by atoms with Gasteiger partial charge in [0, 0.05) is 12.8 Å². The fourth-order valence-electron chi connectivity index (χ4n) is 5.76. The van der Waals surface area contributed by atoms with Crippen molar-refractivity contribution in [3.8, 4) is 0 Å². The summed E-state index contributed by atoms with van der Waals surface area (Å²) in [6.45, 7) is 4.06. The zero-order valence-electron chi connectivity index (χ0n) is 37.0. The number of quaternary nitrogens is 1. The van der Waals surface area contributed by atoms with Gasteiger partial charge in [0.1, 0.15) is 19.8 Å². The SMILES string of the molecule is CC/C=C\C/C=C\C/C=C\CCCCCCCCCC(=O)OC(COC(=O)CCCCCCC/C=C\C/C=C\CCCCCC)COP(=O)([O-])OCC[N+](C)(C)C. The highest BCUT2D eigenvalue weighted by Gasteiger charge is 2.21. The number of carbonyl (C=O) groups excluding carboxylic acids is 2. The fourth-order valence-corrected chi connectivity index (χ4v) is 6.49. The van der Waals surface area contributed by atoms with Crippen LogP contribution in [0, 0.1) is 0 Å². The van der Waals surface area contributed by atoms with Gasteiger partial charge in [-0.3, -0.25) is 14.2 Å². The number of unbranched alkanes of at least 4 members (excludes halogenated alkanes) is 16. The molecule has 0 bridgehead atoms. The third kappa shape index (κ3) is 43.1. The molecule has 0 fully saturated rings. The van der Waals surface area contributed by atoms with E-state index in [4.69, 9.17) is 18.5 Å². The summed E-state index contributed by atoms with van der Waals surface area (Å²) in [7, 11) is 1.14. The second kappa shape index (κ2) is 39.2. The molecule has 2 atom stereocenters. The van der Waals surface area contributed by atoms with Crippen molar-refractivity contribution in [3.05, 3.63) is 60.8 Å². The third-order valence-corrected chi connectivity index (χ3v) is 10.2. The smallest absolute Gasteiger partial charge is 0.306 e. The molecule has 0 aliphatic carbocycles. The molecule has 2 unspecified atom stereocenters. The van der Waals surface area contributed by atoms with Crippen LogP contribution in [0.15, 0.2) is 60.8 Å². The maximum Gasteiger partial charge on any atom is 0.306 e. The molecule has 0 rings (SSSR count). The molecule has 0 aliphatic rings. The van der Waals surface area contributed by atoms with Crippen LogP contribution >= 0.6 is 7.82 Å². The summed E-state index contributed by atoms with van der Waals surface area (Å²) < 4.78 is 33.9. The highest BCUT2D eigenvalue weighted by Crippen LogP contribution is 2.38. The average molecular weight is 822 g/mol. The molecular weight excluding hydrogens is 737 g/mol. The Balaban J connectivity index is 4.39. The summed E-state index contributed by atoms with van der Waals surface area (Å²) in [5.74, 6) is -0.865. The number of allylic oxidation sites excluding steroid dienone is 10. The van der Waals surface area contributed by atoms with Gasteiger partial charge >= 0.3 is 11.9 Å². The van der Waals surface area contributed by atoms with Gasteiger partial charge < -0.3 is 27.9 Å². The van der Waals surface area contributed by atoms with Crippen molar-refractivity contribution < 1.29 is 42.1 Å². The Morgan fingerprint density at radius 1 is 0.561 bits per heavy atom. The normalized spacial score (nSPS) is 14.1. The second-order valence-electron chi connectivity index (χ2n) is 16.0. The molecule has 330 valence electrons. The minimum absolute atomic E-state index is 0.0379. The molecular formula is C47H84NO8P. The Morgan fingerprint density at radius 2 is 1.00 bits per heavy atom. The average Bonchev–Trinajstić information content (AvgIpc) is 3.16. The molecule has 0 amide bonds. The van der Waals surface area contributed by atoms with E-state index in [1.807, 2.05) is 21.1 Å². The minimum Gasteiger partial charge on any atom is -0.756 e. The number of carbonyl (C=O) groups is 2. The Kier molecular flexibility index (Phi) is 37.6. The first kappa shape index (κ1) is 54.7. The summed E-state index contributed by atoms with van der Waals surface area (Å²) in [6, 6.07) is 0. The molecule has 10 heteroatoms. The van der Waals surface area contributed by atoms with Gasteiger partial charge in [0.05, 0.1) is 27.7 Å². The van der Waals surface area contributed by atoms with Crippen LogP contribution in [-0.4, -0.2) is 70.0 Å². The number of esters is 2. The summed E-state index contributed by atoms with van der Waals surface area (Å²) in [5.41, 5.74) is 0. The van der Waals surface area contributed by atoms with Crippen LogP contribution < -0.4 is 4.89 Å². The topological polar surface area (TPSA) is 111 Å². The Labute approximate surface area is 349 Å². The number of phosphoric ester groups is 1. The summed E-state index contributed by atoms with van der Waals surface area (Å²) in [6.07, 6.45) is 46.7. The van der Waals surface area contributed by atoms with Crippen molar-refractivity contribution in [2.45, 2.75) is 180 Å². The molecule has 9 nitrogen and oxygen atoms in total. The first-order valence-electron chi connectivity index (χ1n) is 22.5. The van der Waals surface area contributed by atoms with Gasteiger partial charge in [0.15, 0.2) is 6.10 Å². The van der Waals surface area contributed by atoms with Gasteiger partial charge in [-0.15, -0.1) is 0 Å². The highest BCUT2D eigenvalue weighted by atomic mass is 31.2. The first-order chi connectivity index (χ1) is 27.5. The molecule has 0 aromatic rings. The lowest BCUT2D eigenvalue weighted by Gasteiger charge is -2.28. The Hall–Kier alpha value is -2.29. The summed E-state index contributed by atoms with van der Waals surface area (Å²) in [4.78, 5) is 37.6. The van der Waals surface area contributed by atoms with Crippen molar-refractivity contribution in [2.24, 2.45) is 0 Å². The number of ether oxygens (including phenoxy) is 2. The van der Waals surface area contributed by atoms with E-state index in [0.29, 0.717) is 23.9 Å². The van der Waals surface area contributed by atoms with Crippen LogP contribution in [0.1, 0.15) is 174 Å². The van der Waals surface area contributed by atoms with E-state index in [9.17, 15) is 19.0 Å². The van der Waals surface area contributed by atoms with Crippen molar-refractivity contribution in [2.75, 3.05) is 47.5 Å². The lowest BCUT2D eigenvalue weighted by Crippen LogP contribution is -2.37. The third-order valence-electron chi connectivity index (χ3n) is 9.27. The predicted octanol–water partition coefficient (Wildman–Crippen LogP) is 12.2. The molecule has 0 radical (unpaired) electrons. The fraction of sp³-hybridized carbons (Fsp3) is 0.745. The quantitative estimate of drug-likeness (QED) is 0.0197. The summed E-state index contributed by atoms with van der Waals surface area (Å²) in [5, 5.41) is 0. The number of phosphoric acid groups is 1. The van der Waals surface area contributed by atoms with Gasteiger partial charge in [0.25, 0.3) is 7.82 Å². The zero-order chi connectivity index (χ0) is 42.1. The largest absolute Gasteiger partial charge is 0.756 e. The molecule has 0 saturated carbocycles. The van der Waals surface area contributed by atoms with Gasteiger partial charge in [-0.25, -0.2) is 0 Å². The van der Waals surface area contributed by atoms with Crippen molar-refractivity contribution in [1.29, 1.82) is 0 Å². The Morgan fingerprint density at radius 3 is 1.49 bits per heavy atom. The van der Waals surface area contributed by atoms with Crippen LogP contribution in [0.4, 0.5) is 0 Å². The molecule has 0 aliphatic heterocycles. The summed E-state index contributed by atoms with van der Waals surface area (Å²) >= 11 is 0. The van der Waals surface area contributed by atoms with Crippen molar-refractivity contribution in [3.63, 3.8) is 0 Å². The molecule has 57 heavy (non-hydrogen) atoms. The van der Waals surface area contributed by atoms with Crippen molar-refractivity contribution in [1.82, 2.24) is 0 Å². The van der Waals surface area contributed by atoms with E-state index in [-0.39, 0.29) is 26.1 Å². The van der Waals surface area contributed by atoms with Gasteiger partial charge in [0.2, 0.25) is 0 Å². The molecule has 0 N–H and O–H groups in total. The van der Waals surface area contributed by atoms with E-state index in [1.165, 1.54) is 51.4 Å². The number of rotatable bonds is 40. The van der Waals surface area contributed by atoms with E-state index in [0.717, 1.165) is 83.5 Å². The molecule has 0 aromatic carbocycles. The van der Waals surface area contributed by atoms with E-state index in [1.54, 1.807) is 0 Å². The van der Waals surface area contributed by atoms with E-state index >= 15 is 0 Å². The predicted molar refractivity (Wildman–Crippen MR) is 236 cm³/mol. The number of nitrogens with zero attached hydrogens (tertiary/aromatic N) is 1. The van der Waals surface area contributed by atoms with Crippen LogP contribution in [-0.2, 0) is 32.7 Å². The Bertz CT molecular complexity index is 1160. The van der Waals surface area contributed by atoms with E-state index < -0.39 is 32.5 Å². The first-order valence-corrected chi connectivity index (χ1v) is 24.0. The molecule has 0 aromatic heterocycles. The van der Waals surface area contributed by atoms with Crippen LogP contribution in [0.2, 0.25) is 0 Å². The molecule has 0 saturated heterocycles. The standard InChI is InChI=1S/C47H84NO8P/c1-6-8-10-12-14-16-18-20-22-24-26-28-30-32-34-36-38-40-47(50)56-45(44-55-57(51,52)54-42-41-48(3,4)5)43-53-46(49)39-37-35-33-31-29-27-25-23-21-19-17-15-13-11-9-7-2/h8,10,14,16-17,19-20,22-23,25,45H,6-7,9,11-13,15,18,21,24,26-44H2,1-5H3/b10-8-,16-14-,19-17-,22-20-,25-23-. The van der Waals surface area contributed by atoms with Crippen LogP contribution in [0.25, 0.3) is 0 Å². The molecule has 0 heterocycles. The number of hydrogen-bond acceptors (Lipinski definition) is 8. The monoisotopic (exact) mass is 822 g/mol. The van der Waals surface area contributed by atoms with Crippen LogP contribution in [0.5, 0.6) is 0 Å². The van der Waals surface area contributed by atoms with E-state index in [2.05, 4.69) is 74.6 Å². The maximum atomic E-state index is 12.7.